The molecule has 0 radical (unpaired) electrons. The Labute approximate surface area is 127 Å². The largest absolute Gasteiger partial charge is 0.340 e. The molecule has 1 aliphatic carbocycles. The van der Waals surface area contributed by atoms with Gasteiger partial charge in [-0.05, 0) is 49.9 Å². The van der Waals surface area contributed by atoms with Crippen LogP contribution >= 0.6 is 0 Å². The standard InChI is InChI=1S/C17H25N3O/c1-3-9-20-10-7-17(13-20)11-15(17)16(21)19(2)12-14-6-4-5-8-18-14/h4-6,8,15H,3,7,9-13H2,1-2H3/t15-,17+/m0/s1. The van der Waals surface area contributed by atoms with Crippen LogP contribution in [-0.2, 0) is 11.3 Å². The third-order valence-electron chi connectivity index (χ3n) is 4.99. The van der Waals surface area contributed by atoms with Crippen molar-refractivity contribution in [3.8, 4) is 0 Å². The number of hydrogen-bond acceptors (Lipinski definition) is 3. The van der Waals surface area contributed by atoms with E-state index in [1.807, 2.05) is 30.1 Å². The van der Waals surface area contributed by atoms with E-state index in [2.05, 4.69) is 16.8 Å². The summed E-state index contributed by atoms with van der Waals surface area (Å²) in [5.74, 6) is 0.548. The summed E-state index contributed by atoms with van der Waals surface area (Å²) >= 11 is 0. The van der Waals surface area contributed by atoms with Crippen LogP contribution in [0.4, 0.5) is 0 Å². The van der Waals surface area contributed by atoms with Gasteiger partial charge in [0.2, 0.25) is 5.91 Å². The van der Waals surface area contributed by atoms with Gasteiger partial charge in [-0.1, -0.05) is 13.0 Å². The van der Waals surface area contributed by atoms with Gasteiger partial charge in [-0.3, -0.25) is 9.78 Å². The summed E-state index contributed by atoms with van der Waals surface area (Å²) < 4.78 is 0. The van der Waals surface area contributed by atoms with Gasteiger partial charge in [-0.15, -0.1) is 0 Å². The molecule has 4 nitrogen and oxygen atoms in total. The predicted octanol–water partition coefficient (Wildman–Crippen LogP) is 2.16. The first-order valence-electron chi connectivity index (χ1n) is 8.02. The molecule has 1 saturated heterocycles. The lowest BCUT2D eigenvalue weighted by Gasteiger charge is -2.19. The molecular weight excluding hydrogens is 262 g/mol. The van der Waals surface area contributed by atoms with Gasteiger partial charge in [0.15, 0.2) is 0 Å². The van der Waals surface area contributed by atoms with Gasteiger partial charge in [-0.25, -0.2) is 0 Å². The molecular formula is C17H25N3O. The fourth-order valence-corrected chi connectivity index (χ4v) is 3.72. The molecule has 2 fully saturated rings. The van der Waals surface area contributed by atoms with Crippen molar-refractivity contribution in [1.29, 1.82) is 0 Å². The smallest absolute Gasteiger partial charge is 0.226 e. The third-order valence-corrected chi connectivity index (χ3v) is 4.99. The maximum absolute atomic E-state index is 12.6. The number of carbonyl (C=O) groups excluding carboxylic acids is 1. The van der Waals surface area contributed by atoms with Gasteiger partial charge in [0.25, 0.3) is 0 Å². The van der Waals surface area contributed by atoms with Crippen LogP contribution in [0.25, 0.3) is 0 Å². The SMILES string of the molecule is CCCN1CC[C@@]2(C[C@H]2C(=O)N(C)Cc2ccccn2)C1. The lowest BCUT2D eigenvalue weighted by molar-refractivity contribution is -0.132. The van der Waals surface area contributed by atoms with E-state index >= 15 is 0 Å². The molecule has 4 heteroatoms. The highest BCUT2D eigenvalue weighted by molar-refractivity contribution is 5.82. The Hall–Kier alpha value is -1.42. The minimum atomic E-state index is 0.244. The molecule has 0 unspecified atom stereocenters. The third kappa shape index (κ3) is 2.95. The summed E-state index contributed by atoms with van der Waals surface area (Å²) in [5, 5.41) is 0. The molecule has 3 rings (SSSR count). The average molecular weight is 287 g/mol. The molecule has 1 aromatic heterocycles. The minimum Gasteiger partial charge on any atom is -0.340 e. The Balaban J connectivity index is 1.55. The number of rotatable bonds is 5. The Kier molecular flexibility index (Phi) is 3.98. The average Bonchev–Trinajstić information content (AvgIpc) is 3.04. The van der Waals surface area contributed by atoms with Crippen molar-refractivity contribution in [2.24, 2.45) is 11.3 Å². The fourth-order valence-electron chi connectivity index (χ4n) is 3.72. The Morgan fingerprint density at radius 1 is 1.52 bits per heavy atom. The Morgan fingerprint density at radius 2 is 2.38 bits per heavy atom. The van der Waals surface area contributed by atoms with Crippen molar-refractivity contribution < 1.29 is 4.79 Å². The summed E-state index contributed by atoms with van der Waals surface area (Å²) in [5.41, 5.74) is 1.26. The molecule has 0 N–H and O–H groups in total. The van der Waals surface area contributed by atoms with Crippen molar-refractivity contribution in [2.75, 3.05) is 26.7 Å². The zero-order chi connectivity index (χ0) is 14.9. The van der Waals surface area contributed by atoms with E-state index in [0.717, 1.165) is 18.7 Å². The predicted molar refractivity (Wildman–Crippen MR) is 82.6 cm³/mol. The molecule has 0 bridgehead atoms. The van der Waals surface area contributed by atoms with Crippen molar-refractivity contribution in [3.05, 3.63) is 30.1 Å². The van der Waals surface area contributed by atoms with Crippen LogP contribution < -0.4 is 0 Å². The quantitative estimate of drug-likeness (QED) is 0.832. The Bertz CT molecular complexity index is 504. The molecule has 2 heterocycles. The van der Waals surface area contributed by atoms with Crippen LogP contribution in [0.5, 0.6) is 0 Å². The van der Waals surface area contributed by atoms with Crippen LogP contribution in [0.3, 0.4) is 0 Å². The highest BCUT2D eigenvalue weighted by Gasteiger charge is 2.60. The second-order valence-corrected chi connectivity index (χ2v) is 6.66. The molecule has 1 spiro atoms. The van der Waals surface area contributed by atoms with Crippen LogP contribution in [0.15, 0.2) is 24.4 Å². The normalized spacial score (nSPS) is 28.0. The maximum atomic E-state index is 12.6. The van der Waals surface area contributed by atoms with Gasteiger partial charge >= 0.3 is 0 Å². The van der Waals surface area contributed by atoms with Gasteiger partial charge in [-0.2, -0.15) is 0 Å². The van der Waals surface area contributed by atoms with Gasteiger partial charge < -0.3 is 9.80 Å². The van der Waals surface area contributed by atoms with E-state index in [9.17, 15) is 4.79 Å². The van der Waals surface area contributed by atoms with Crippen molar-refractivity contribution in [2.45, 2.75) is 32.7 Å². The molecule has 2 aliphatic rings. The minimum absolute atomic E-state index is 0.244. The molecule has 114 valence electrons. The first kappa shape index (κ1) is 14.5. The number of nitrogens with zero attached hydrogens (tertiary/aromatic N) is 3. The van der Waals surface area contributed by atoms with Crippen LogP contribution in [-0.4, -0.2) is 47.4 Å². The molecule has 1 aromatic rings. The monoisotopic (exact) mass is 287 g/mol. The van der Waals surface area contributed by atoms with Crippen molar-refractivity contribution in [3.63, 3.8) is 0 Å². The lowest BCUT2D eigenvalue weighted by atomic mass is 10.0. The zero-order valence-electron chi connectivity index (χ0n) is 13.1. The number of carbonyl (C=O) groups is 1. The van der Waals surface area contributed by atoms with E-state index in [-0.39, 0.29) is 5.92 Å². The number of pyridine rings is 1. The maximum Gasteiger partial charge on any atom is 0.226 e. The van der Waals surface area contributed by atoms with E-state index in [4.69, 9.17) is 0 Å². The first-order chi connectivity index (χ1) is 10.1. The second-order valence-electron chi connectivity index (χ2n) is 6.66. The lowest BCUT2D eigenvalue weighted by Crippen LogP contribution is -2.31. The summed E-state index contributed by atoms with van der Waals surface area (Å²) in [6, 6.07) is 5.85. The fraction of sp³-hybridized carbons (Fsp3) is 0.647. The zero-order valence-corrected chi connectivity index (χ0v) is 13.1. The molecule has 2 atom stereocenters. The van der Waals surface area contributed by atoms with Crippen molar-refractivity contribution >= 4 is 5.91 Å². The molecule has 1 saturated carbocycles. The number of aromatic nitrogens is 1. The second kappa shape index (κ2) is 5.76. The highest BCUT2D eigenvalue weighted by Crippen LogP contribution is 2.59. The summed E-state index contributed by atoms with van der Waals surface area (Å²) in [6.07, 6.45) is 5.26. The van der Waals surface area contributed by atoms with Crippen molar-refractivity contribution in [1.82, 2.24) is 14.8 Å². The van der Waals surface area contributed by atoms with Crippen LogP contribution in [0.1, 0.15) is 31.9 Å². The van der Waals surface area contributed by atoms with Gasteiger partial charge in [0.1, 0.15) is 0 Å². The molecule has 1 amide bonds. The van der Waals surface area contributed by atoms with E-state index in [0.29, 0.717) is 17.9 Å². The summed E-state index contributed by atoms with van der Waals surface area (Å²) in [7, 11) is 1.90. The summed E-state index contributed by atoms with van der Waals surface area (Å²) in [6.45, 7) is 6.30. The first-order valence-corrected chi connectivity index (χ1v) is 8.02. The van der Waals surface area contributed by atoms with Gasteiger partial charge in [0.05, 0.1) is 12.2 Å². The Morgan fingerprint density at radius 3 is 3.10 bits per heavy atom. The topological polar surface area (TPSA) is 36.4 Å². The number of likely N-dealkylation sites (tertiary alicyclic amines) is 1. The summed E-state index contributed by atoms with van der Waals surface area (Å²) in [4.78, 5) is 21.3. The van der Waals surface area contributed by atoms with E-state index < -0.39 is 0 Å². The molecule has 0 aromatic carbocycles. The number of amides is 1. The highest BCUT2D eigenvalue weighted by atomic mass is 16.2. The van der Waals surface area contributed by atoms with E-state index in [1.54, 1.807) is 6.20 Å². The van der Waals surface area contributed by atoms with Crippen LogP contribution in [0.2, 0.25) is 0 Å². The molecule has 21 heavy (non-hydrogen) atoms. The number of hydrogen-bond donors (Lipinski definition) is 0. The molecule has 1 aliphatic heterocycles. The van der Waals surface area contributed by atoms with E-state index in [1.165, 1.54) is 25.9 Å². The van der Waals surface area contributed by atoms with Gasteiger partial charge in [0, 0.05) is 25.7 Å². The van der Waals surface area contributed by atoms with Crippen LogP contribution in [0, 0.1) is 11.3 Å².